The van der Waals surface area contributed by atoms with Crippen LogP contribution >= 0.6 is 15.9 Å². The Kier molecular flexibility index (Phi) is 5.33. The molecule has 1 unspecified atom stereocenters. The third-order valence-electron chi connectivity index (χ3n) is 2.75. The molecule has 0 heterocycles. The predicted octanol–water partition coefficient (Wildman–Crippen LogP) is 2.05. The fraction of sp³-hybridized carbons (Fsp3) is 0.500. The normalized spacial score (nSPS) is 13.9. The molecule has 102 valence electrons. The minimum absolute atomic E-state index is 0.0252. The molecule has 1 rings (SSSR count). The fourth-order valence-corrected chi connectivity index (χ4v) is 3.67. The highest BCUT2D eigenvalue weighted by Gasteiger charge is 2.23. The molecule has 4 nitrogen and oxygen atoms in total. The van der Waals surface area contributed by atoms with Crippen molar-refractivity contribution in [1.82, 2.24) is 4.72 Å². The van der Waals surface area contributed by atoms with Gasteiger partial charge in [-0.2, -0.15) is 0 Å². The molecule has 6 heteroatoms. The van der Waals surface area contributed by atoms with Crippen LogP contribution in [0.15, 0.2) is 27.6 Å². The van der Waals surface area contributed by atoms with Gasteiger partial charge in [-0.1, -0.05) is 35.8 Å². The quantitative estimate of drug-likeness (QED) is 0.865. The molecule has 0 saturated heterocycles. The van der Waals surface area contributed by atoms with Crippen molar-refractivity contribution < 1.29 is 13.5 Å². The first kappa shape index (κ1) is 15.6. The van der Waals surface area contributed by atoms with E-state index in [-0.39, 0.29) is 17.4 Å². The molecule has 18 heavy (non-hydrogen) atoms. The van der Waals surface area contributed by atoms with Crippen LogP contribution in [0, 0.1) is 12.8 Å². The topological polar surface area (TPSA) is 66.4 Å². The molecule has 1 atom stereocenters. The van der Waals surface area contributed by atoms with Gasteiger partial charge < -0.3 is 5.11 Å². The van der Waals surface area contributed by atoms with Crippen LogP contribution in [0.2, 0.25) is 0 Å². The molecule has 0 aliphatic rings. The Bertz CT molecular complexity index is 514. The Balaban J connectivity index is 3.10. The average Bonchev–Trinajstić information content (AvgIpc) is 2.28. The van der Waals surface area contributed by atoms with Crippen LogP contribution in [0.3, 0.4) is 0 Å². The standard InChI is InChI=1S/C12H18BrNO3S/c1-8(2)11(7-15)14-18(16,17)12-6-10(13)5-4-9(12)3/h4-6,8,11,14-15H,7H2,1-3H3. The van der Waals surface area contributed by atoms with Gasteiger partial charge in [-0.3, -0.25) is 0 Å². The lowest BCUT2D eigenvalue weighted by molar-refractivity contribution is 0.227. The summed E-state index contributed by atoms with van der Waals surface area (Å²) < 4.78 is 27.7. The Labute approximate surface area is 117 Å². The van der Waals surface area contributed by atoms with E-state index in [9.17, 15) is 13.5 Å². The Morgan fingerprint density at radius 2 is 2.00 bits per heavy atom. The van der Waals surface area contributed by atoms with Gasteiger partial charge in [0.1, 0.15) is 0 Å². The molecule has 2 N–H and O–H groups in total. The van der Waals surface area contributed by atoms with Crippen LogP contribution in [0.1, 0.15) is 19.4 Å². The summed E-state index contributed by atoms with van der Waals surface area (Å²) in [5, 5.41) is 9.19. The number of hydrogen-bond acceptors (Lipinski definition) is 3. The van der Waals surface area contributed by atoms with Crippen LogP contribution in [0.25, 0.3) is 0 Å². The second kappa shape index (κ2) is 6.14. The van der Waals surface area contributed by atoms with E-state index < -0.39 is 16.1 Å². The van der Waals surface area contributed by atoms with Crippen molar-refractivity contribution in [2.45, 2.75) is 31.7 Å². The van der Waals surface area contributed by atoms with E-state index in [4.69, 9.17) is 0 Å². The molecule has 0 aromatic heterocycles. The summed E-state index contributed by atoms with van der Waals surface area (Å²) >= 11 is 3.26. The van der Waals surface area contributed by atoms with E-state index in [1.807, 2.05) is 13.8 Å². The van der Waals surface area contributed by atoms with Gasteiger partial charge in [0, 0.05) is 10.5 Å². The zero-order valence-corrected chi connectivity index (χ0v) is 13.0. The summed E-state index contributed by atoms with van der Waals surface area (Å²) in [6.45, 7) is 5.24. The zero-order chi connectivity index (χ0) is 13.9. The number of sulfonamides is 1. The molecule has 0 aliphatic heterocycles. The van der Waals surface area contributed by atoms with Crippen molar-refractivity contribution in [3.05, 3.63) is 28.2 Å². The van der Waals surface area contributed by atoms with Crippen molar-refractivity contribution >= 4 is 26.0 Å². The smallest absolute Gasteiger partial charge is 0.241 e. The van der Waals surface area contributed by atoms with Crippen molar-refractivity contribution in [3.63, 3.8) is 0 Å². The van der Waals surface area contributed by atoms with Crippen molar-refractivity contribution in [2.75, 3.05) is 6.61 Å². The minimum Gasteiger partial charge on any atom is -0.395 e. The van der Waals surface area contributed by atoms with Gasteiger partial charge in [-0.05, 0) is 30.5 Å². The van der Waals surface area contributed by atoms with E-state index in [0.717, 1.165) is 0 Å². The number of benzene rings is 1. The molecular formula is C12H18BrNO3S. The van der Waals surface area contributed by atoms with Gasteiger partial charge in [0.05, 0.1) is 11.5 Å². The summed E-state index contributed by atoms with van der Waals surface area (Å²) in [5.74, 6) is 0.0252. The van der Waals surface area contributed by atoms with Crippen molar-refractivity contribution in [3.8, 4) is 0 Å². The first-order chi connectivity index (χ1) is 8.27. The van der Waals surface area contributed by atoms with Crippen LogP contribution in [0.4, 0.5) is 0 Å². The number of aliphatic hydroxyl groups excluding tert-OH is 1. The van der Waals surface area contributed by atoms with Gasteiger partial charge >= 0.3 is 0 Å². The van der Waals surface area contributed by atoms with E-state index in [1.165, 1.54) is 0 Å². The Hall–Kier alpha value is -0.430. The molecule has 0 aliphatic carbocycles. The molecule has 0 amide bonds. The SMILES string of the molecule is Cc1ccc(Br)cc1S(=O)(=O)NC(CO)C(C)C. The molecule has 1 aromatic rings. The summed E-state index contributed by atoms with van der Waals surface area (Å²) in [6.07, 6.45) is 0. The summed E-state index contributed by atoms with van der Waals surface area (Å²) in [5.41, 5.74) is 0.672. The van der Waals surface area contributed by atoms with Gasteiger partial charge in [-0.15, -0.1) is 0 Å². The van der Waals surface area contributed by atoms with Gasteiger partial charge in [0.15, 0.2) is 0 Å². The predicted molar refractivity (Wildman–Crippen MR) is 74.9 cm³/mol. The molecule has 1 aromatic carbocycles. The number of hydrogen-bond donors (Lipinski definition) is 2. The largest absolute Gasteiger partial charge is 0.395 e. The monoisotopic (exact) mass is 335 g/mol. The minimum atomic E-state index is -3.61. The third kappa shape index (κ3) is 3.78. The van der Waals surface area contributed by atoms with Gasteiger partial charge in [-0.25, -0.2) is 13.1 Å². The first-order valence-electron chi connectivity index (χ1n) is 5.67. The van der Waals surface area contributed by atoms with Crippen molar-refractivity contribution in [1.29, 1.82) is 0 Å². The van der Waals surface area contributed by atoms with Crippen LogP contribution in [0.5, 0.6) is 0 Å². The number of aliphatic hydroxyl groups is 1. The van der Waals surface area contributed by atoms with Crippen LogP contribution in [-0.2, 0) is 10.0 Å². The summed E-state index contributed by atoms with van der Waals surface area (Å²) in [6, 6.07) is 4.61. The lowest BCUT2D eigenvalue weighted by atomic mass is 10.1. The second-order valence-electron chi connectivity index (χ2n) is 4.56. The highest BCUT2D eigenvalue weighted by molar-refractivity contribution is 9.10. The number of nitrogens with one attached hydrogen (secondary N) is 1. The average molecular weight is 336 g/mol. The lowest BCUT2D eigenvalue weighted by Crippen LogP contribution is -2.41. The lowest BCUT2D eigenvalue weighted by Gasteiger charge is -2.20. The van der Waals surface area contributed by atoms with Crippen LogP contribution < -0.4 is 4.72 Å². The first-order valence-corrected chi connectivity index (χ1v) is 7.95. The zero-order valence-electron chi connectivity index (χ0n) is 10.6. The molecule has 0 bridgehead atoms. The summed E-state index contributed by atoms with van der Waals surface area (Å²) in [4.78, 5) is 0.232. The van der Waals surface area contributed by atoms with Gasteiger partial charge in [0.25, 0.3) is 0 Å². The van der Waals surface area contributed by atoms with E-state index >= 15 is 0 Å². The maximum Gasteiger partial charge on any atom is 0.241 e. The molecule has 0 radical (unpaired) electrons. The fourth-order valence-electron chi connectivity index (χ4n) is 1.51. The Morgan fingerprint density at radius 1 is 1.39 bits per heavy atom. The second-order valence-corrected chi connectivity index (χ2v) is 7.16. The van der Waals surface area contributed by atoms with Crippen LogP contribution in [-0.4, -0.2) is 26.2 Å². The maximum atomic E-state index is 12.2. The highest BCUT2D eigenvalue weighted by Crippen LogP contribution is 2.21. The van der Waals surface area contributed by atoms with E-state index in [0.29, 0.717) is 10.0 Å². The Morgan fingerprint density at radius 3 is 2.50 bits per heavy atom. The number of rotatable bonds is 5. The number of aryl methyl sites for hydroxylation is 1. The molecule has 0 saturated carbocycles. The third-order valence-corrected chi connectivity index (χ3v) is 4.87. The number of halogens is 1. The molecular weight excluding hydrogens is 318 g/mol. The van der Waals surface area contributed by atoms with E-state index in [2.05, 4.69) is 20.7 Å². The maximum absolute atomic E-state index is 12.2. The summed E-state index contributed by atoms with van der Waals surface area (Å²) in [7, 11) is -3.61. The van der Waals surface area contributed by atoms with E-state index in [1.54, 1.807) is 25.1 Å². The molecule has 0 spiro atoms. The van der Waals surface area contributed by atoms with Gasteiger partial charge in [0.2, 0.25) is 10.0 Å². The molecule has 0 fully saturated rings. The highest BCUT2D eigenvalue weighted by atomic mass is 79.9. The van der Waals surface area contributed by atoms with Crippen molar-refractivity contribution in [2.24, 2.45) is 5.92 Å².